The highest BCUT2D eigenvalue weighted by Gasteiger charge is 2.36. The average molecular weight is 262 g/mol. The summed E-state index contributed by atoms with van der Waals surface area (Å²) in [4.78, 5) is 2.37. The number of ether oxygens (including phenoxy) is 1. The molecule has 1 aliphatic carbocycles. The van der Waals surface area contributed by atoms with Gasteiger partial charge in [-0.1, -0.05) is 12.8 Å². The van der Waals surface area contributed by atoms with Gasteiger partial charge in [0.25, 0.3) is 6.43 Å². The third-order valence-electron chi connectivity index (χ3n) is 4.03. The number of alkyl halides is 2. The fourth-order valence-electron chi connectivity index (χ4n) is 3.16. The van der Waals surface area contributed by atoms with Gasteiger partial charge in [0, 0.05) is 18.6 Å². The molecule has 2 aliphatic rings. The second-order valence-electron chi connectivity index (χ2n) is 5.51. The summed E-state index contributed by atoms with van der Waals surface area (Å²) >= 11 is 0. The Hall–Kier alpha value is -0.260. The summed E-state index contributed by atoms with van der Waals surface area (Å²) in [5, 5.41) is 3.69. The van der Waals surface area contributed by atoms with Gasteiger partial charge in [-0.2, -0.15) is 0 Å². The van der Waals surface area contributed by atoms with Crippen molar-refractivity contribution in [3.05, 3.63) is 0 Å². The number of halogens is 2. The van der Waals surface area contributed by atoms with Crippen molar-refractivity contribution in [3.8, 4) is 0 Å². The molecule has 0 aromatic rings. The first kappa shape index (κ1) is 14.2. The van der Waals surface area contributed by atoms with Crippen LogP contribution in [-0.2, 0) is 4.74 Å². The van der Waals surface area contributed by atoms with Crippen molar-refractivity contribution < 1.29 is 13.5 Å². The topological polar surface area (TPSA) is 24.5 Å². The molecule has 5 heteroatoms. The van der Waals surface area contributed by atoms with Gasteiger partial charge in [0.15, 0.2) is 0 Å². The van der Waals surface area contributed by atoms with E-state index in [1.54, 1.807) is 0 Å². The number of hydrogen-bond acceptors (Lipinski definition) is 3. The zero-order valence-corrected chi connectivity index (χ0v) is 11.0. The summed E-state index contributed by atoms with van der Waals surface area (Å²) in [5.74, 6) is 0. The molecule has 0 radical (unpaired) electrons. The zero-order valence-electron chi connectivity index (χ0n) is 11.0. The van der Waals surface area contributed by atoms with Crippen LogP contribution in [0, 0.1) is 0 Å². The van der Waals surface area contributed by atoms with Crippen LogP contribution in [0.2, 0.25) is 0 Å². The van der Waals surface area contributed by atoms with Gasteiger partial charge in [-0.25, -0.2) is 8.78 Å². The largest absolute Gasteiger partial charge is 0.374 e. The molecule has 1 N–H and O–H groups in total. The van der Waals surface area contributed by atoms with Crippen molar-refractivity contribution in [3.63, 3.8) is 0 Å². The molecule has 0 bridgehead atoms. The summed E-state index contributed by atoms with van der Waals surface area (Å²) in [5.41, 5.74) is 0.291. The van der Waals surface area contributed by atoms with E-state index in [-0.39, 0.29) is 0 Å². The van der Waals surface area contributed by atoms with Gasteiger partial charge < -0.3 is 10.1 Å². The van der Waals surface area contributed by atoms with E-state index in [0.29, 0.717) is 12.1 Å². The molecule has 0 atom stereocenters. The normalized spacial score (nSPS) is 24.8. The highest BCUT2D eigenvalue weighted by atomic mass is 19.3. The van der Waals surface area contributed by atoms with Gasteiger partial charge in [-0.05, 0) is 32.4 Å². The molecule has 0 unspecified atom stereocenters. The molecule has 3 nitrogen and oxygen atoms in total. The van der Waals surface area contributed by atoms with E-state index in [9.17, 15) is 8.78 Å². The van der Waals surface area contributed by atoms with E-state index in [2.05, 4.69) is 10.2 Å². The van der Waals surface area contributed by atoms with Gasteiger partial charge in [0.2, 0.25) is 0 Å². The molecule has 18 heavy (non-hydrogen) atoms. The summed E-state index contributed by atoms with van der Waals surface area (Å²) < 4.78 is 28.9. The molecule has 2 fully saturated rings. The SMILES string of the molecule is FC(F)COCCN1CCCNC2(CCCC2)C1. The Morgan fingerprint density at radius 3 is 2.72 bits per heavy atom. The van der Waals surface area contributed by atoms with E-state index in [0.717, 1.165) is 32.6 Å². The fourth-order valence-corrected chi connectivity index (χ4v) is 3.16. The molecule has 106 valence electrons. The van der Waals surface area contributed by atoms with Gasteiger partial charge in [-0.15, -0.1) is 0 Å². The molecule has 1 saturated heterocycles. The lowest BCUT2D eigenvalue weighted by Gasteiger charge is -2.33. The fraction of sp³-hybridized carbons (Fsp3) is 1.00. The smallest absolute Gasteiger partial charge is 0.261 e. The van der Waals surface area contributed by atoms with Gasteiger partial charge in [0.05, 0.1) is 6.61 Å². The van der Waals surface area contributed by atoms with Crippen molar-refractivity contribution in [2.45, 2.75) is 44.1 Å². The van der Waals surface area contributed by atoms with Gasteiger partial charge >= 0.3 is 0 Å². The molecule has 1 aliphatic heterocycles. The molecule has 1 spiro atoms. The maximum atomic E-state index is 12.0. The predicted molar refractivity (Wildman–Crippen MR) is 67.1 cm³/mol. The molecular weight excluding hydrogens is 238 g/mol. The molecule has 0 amide bonds. The Balaban J connectivity index is 1.73. The maximum absolute atomic E-state index is 12.0. The van der Waals surface area contributed by atoms with Crippen molar-refractivity contribution in [2.24, 2.45) is 0 Å². The lowest BCUT2D eigenvalue weighted by Crippen LogP contribution is -2.49. The molecule has 0 aromatic heterocycles. The molecular formula is C13H24F2N2O. The minimum absolute atomic E-state index is 0.291. The van der Waals surface area contributed by atoms with Crippen LogP contribution in [-0.4, -0.2) is 56.3 Å². The van der Waals surface area contributed by atoms with Crippen LogP contribution in [0.1, 0.15) is 32.1 Å². The van der Waals surface area contributed by atoms with Crippen LogP contribution in [0.3, 0.4) is 0 Å². The van der Waals surface area contributed by atoms with E-state index in [1.807, 2.05) is 0 Å². The minimum atomic E-state index is -2.35. The highest BCUT2D eigenvalue weighted by molar-refractivity contribution is 4.96. The zero-order chi connectivity index (χ0) is 12.8. The number of hydrogen-bond donors (Lipinski definition) is 1. The van der Waals surface area contributed by atoms with Crippen molar-refractivity contribution in [1.82, 2.24) is 10.2 Å². The Morgan fingerprint density at radius 1 is 1.22 bits per heavy atom. The highest BCUT2D eigenvalue weighted by Crippen LogP contribution is 2.31. The Kier molecular flexibility index (Phi) is 5.33. The third kappa shape index (κ3) is 4.14. The quantitative estimate of drug-likeness (QED) is 0.766. The van der Waals surface area contributed by atoms with Crippen LogP contribution >= 0.6 is 0 Å². The summed E-state index contributed by atoms with van der Waals surface area (Å²) in [6, 6.07) is 0. The summed E-state index contributed by atoms with van der Waals surface area (Å²) in [6.45, 7) is 3.93. The van der Waals surface area contributed by atoms with Gasteiger partial charge in [-0.3, -0.25) is 4.90 Å². The van der Waals surface area contributed by atoms with E-state index >= 15 is 0 Å². The monoisotopic (exact) mass is 262 g/mol. The Bertz CT molecular complexity index is 245. The second-order valence-corrected chi connectivity index (χ2v) is 5.51. The van der Waals surface area contributed by atoms with Gasteiger partial charge in [0.1, 0.15) is 6.61 Å². The van der Waals surface area contributed by atoms with E-state index in [4.69, 9.17) is 4.74 Å². The van der Waals surface area contributed by atoms with Crippen molar-refractivity contribution in [2.75, 3.05) is 39.4 Å². The predicted octanol–water partition coefficient (Wildman–Crippen LogP) is 1.88. The van der Waals surface area contributed by atoms with E-state index < -0.39 is 13.0 Å². The van der Waals surface area contributed by atoms with Crippen LogP contribution in [0.15, 0.2) is 0 Å². The second kappa shape index (κ2) is 6.78. The number of nitrogens with zero attached hydrogens (tertiary/aromatic N) is 1. The Labute approximate surface area is 108 Å². The van der Waals surface area contributed by atoms with Crippen LogP contribution in [0.4, 0.5) is 8.78 Å². The number of nitrogens with one attached hydrogen (secondary N) is 1. The third-order valence-corrected chi connectivity index (χ3v) is 4.03. The first-order valence-corrected chi connectivity index (χ1v) is 7.03. The van der Waals surface area contributed by atoms with Crippen LogP contribution in [0.25, 0.3) is 0 Å². The maximum Gasteiger partial charge on any atom is 0.261 e. The standard InChI is InChI=1S/C13H24F2N2O/c14-12(15)10-18-9-8-17-7-3-6-16-13(11-17)4-1-2-5-13/h12,16H,1-11H2. The lowest BCUT2D eigenvalue weighted by atomic mass is 9.97. The molecule has 1 heterocycles. The molecule has 2 rings (SSSR count). The lowest BCUT2D eigenvalue weighted by molar-refractivity contribution is 0.00847. The average Bonchev–Trinajstić information content (AvgIpc) is 2.67. The first-order valence-electron chi connectivity index (χ1n) is 7.03. The minimum Gasteiger partial charge on any atom is -0.374 e. The number of rotatable bonds is 5. The van der Waals surface area contributed by atoms with Crippen LogP contribution < -0.4 is 5.32 Å². The van der Waals surface area contributed by atoms with Crippen LogP contribution in [0.5, 0.6) is 0 Å². The summed E-state index contributed by atoms with van der Waals surface area (Å²) in [6.07, 6.45) is 3.90. The molecule has 1 saturated carbocycles. The first-order chi connectivity index (χ1) is 8.70. The van der Waals surface area contributed by atoms with E-state index in [1.165, 1.54) is 25.7 Å². The van der Waals surface area contributed by atoms with Crippen molar-refractivity contribution in [1.29, 1.82) is 0 Å². The summed E-state index contributed by atoms with van der Waals surface area (Å²) in [7, 11) is 0. The van der Waals surface area contributed by atoms with Crippen molar-refractivity contribution >= 4 is 0 Å². The molecule has 0 aromatic carbocycles. The Morgan fingerprint density at radius 2 is 2.00 bits per heavy atom.